The van der Waals surface area contributed by atoms with Gasteiger partial charge in [0.25, 0.3) is 0 Å². The molecule has 9 aromatic carbocycles. The third-order valence-corrected chi connectivity index (χ3v) is 14.0. The molecule has 0 atom stereocenters. The average Bonchev–Trinajstić information content (AvgIpc) is 4.01. The summed E-state index contributed by atoms with van der Waals surface area (Å²) in [5, 5.41) is 4.54. The lowest BCUT2D eigenvalue weighted by atomic mass is 10.0. The minimum absolute atomic E-state index is 0.557. The molecule has 0 bridgehead atoms. The first-order valence-electron chi connectivity index (χ1n) is 25.1. The maximum atomic E-state index is 5.23. The average molecular weight is 961 g/mol. The van der Waals surface area contributed by atoms with Gasteiger partial charge in [-0.1, -0.05) is 152 Å². The Balaban J connectivity index is 0.926. The number of anilines is 3. The summed E-state index contributed by atoms with van der Waals surface area (Å²) in [4.78, 5) is 27.2. The lowest BCUT2D eigenvalue weighted by molar-refractivity contribution is 0.953. The van der Waals surface area contributed by atoms with Crippen LogP contribution in [0.1, 0.15) is 0 Å². The lowest BCUT2D eigenvalue weighted by Gasteiger charge is -2.26. The molecule has 5 heterocycles. The Labute approximate surface area is 432 Å². The van der Waals surface area contributed by atoms with Crippen LogP contribution in [0.2, 0.25) is 0 Å². The predicted molar refractivity (Wildman–Crippen MR) is 306 cm³/mol. The molecule has 8 heteroatoms. The van der Waals surface area contributed by atoms with Crippen LogP contribution in [0.5, 0.6) is 0 Å². The minimum atomic E-state index is 0.557. The summed E-state index contributed by atoms with van der Waals surface area (Å²) in [6.45, 7) is 0. The van der Waals surface area contributed by atoms with E-state index in [1.54, 1.807) is 0 Å². The van der Waals surface area contributed by atoms with Gasteiger partial charge >= 0.3 is 0 Å². The molecule has 0 spiro atoms. The molecule has 8 nitrogen and oxygen atoms in total. The Morgan fingerprint density at radius 3 is 1.40 bits per heavy atom. The van der Waals surface area contributed by atoms with Crippen LogP contribution in [-0.4, -0.2) is 34.1 Å². The van der Waals surface area contributed by atoms with Gasteiger partial charge < -0.3 is 9.47 Å². The van der Waals surface area contributed by atoms with Gasteiger partial charge in [-0.3, -0.25) is 14.5 Å². The monoisotopic (exact) mass is 960 g/mol. The molecule has 5 aromatic heterocycles. The van der Waals surface area contributed by atoms with Gasteiger partial charge in [-0.25, -0.2) is 4.98 Å². The Hall–Kier alpha value is -10.3. The van der Waals surface area contributed by atoms with Crippen molar-refractivity contribution >= 4 is 60.7 Å². The van der Waals surface area contributed by atoms with Gasteiger partial charge in [0.15, 0.2) is 11.6 Å². The maximum absolute atomic E-state index is 5.23. The van der Waals surface area contributed by atoms with E-state index in [2.05, 4.69) is 194 Å². The van der Waals surface area contributed by atoms with E-state index in [1.165, 1.54) is 0 Å². The summed E-state index contributed by atoms with van der Waals surface area (Å²) in [7, 11) is 0. The topological polar surface area (TPSA) is 77.5 Å². The summed E-state index contributed by atoms with van der Waals surface area (Å²) in [6.07, 6.45) is 3.68. The summed E-state index contributed by atoms with van der Waals surface area (Å²) < 4.78 is 4.59. The highest BCUT2D eigenvalue weighted by Crippen LogP contribution is 2.43. The molecule has 0 saturated carbocycles. The molecule has 75 heavy (non-hydrogen) atoms. The van der Waals surface area contributed by atoms with Gasteiger partial charge in [0, 0.05) is 78.9 Å². The van der Waals surface area contributed by atoms with Crippen LogP contribution < -0.4 is 4.90 Å². The highest BCUT2D eigenvalue weighted by molar-refractivity contribution is 6.19. The number of hydrogen-bond donors (Lipinski definition) is 0. The van der Waals surface area contributed by atoms with Crippen molar-refractivity contribution < 1.29 is 0 Å². The minimum Gasteiger partial charge on any atom is -0.310 e. The first-order valence-corrected chi connectivity index (χ1v) is 25.1. The second-order valence-corrected chi connectivity index (χ2v) is 18.6. The Bertz CT molecular complexity index is 4240. The molecular formula is C67H44N8. The highest BCUT2D eigenvalue weighted by Gasteiger charge is 2.22. The second kappa shape index (κ2) is 18.4. The molecule has 0 unspecified atom stereocenters. The molecule has 0 saturated heterocycles. The zero-order chi connectivity index (χ0) is 49.7. The zero-order valence-electron chi connectivity index (χ0n) is 40.5. The van der Waals surface area contributed by atoms with Gasteiger partial charge in [0.05, 0.1) is 33.5 Å². The zero-order valence-corrected chi connectivity index (χ0v) is 40.5. The third kappa shape index (κ3) is 7.85. The molecule has 352 valence electrons. The van der Waals surface area contributed by atoms with Crippen LogP contribution in [0.25, 0.3) is 112 Å². The molecule has 0 fully saturated rings. The summed E-state index contributed by atoms with van der Waals surface area (Å²) in [6, 6.07) is 89.2. The first-order chi connectivity index (χ1) is 37.2. The van der Waals surface area contributed by atoms with Crippen LogP contribution in [-0.2, 0) is 0 Å². The first kappa shape index (κ1) is 43.5. The molecule has 0 amide bonds. The van der Waals surface area contributed by atoms with Crippen molar-refractivity contribution in [3.05, 3.63) is 267 Å². The fourth-order valence-electron chi connectivity index (χ4n) is 10.6. The smallest absolute Gasteiger partial charge is 0.238 e. The van der Waals surface area contributed by atoms with Gasteiger partial charge in [0.2, 0.25) is 5.95 Å². The van der Waals surface area contributed by atoms with E-state index in [4.69, 9.17) is 15.0 Å². The maximum Gasteiger partial charge on any atom is 0.238 e. The van der Waals surface area contributed by atoms with Gasteiger partial charge in [-0.05, 0) is 114 Å². The molecule has 14 aromatic rings. The number of fused-ring (bicyclic) bond motifs is 6. The van der Waals surface area contributed by atoms with Crippen molar-refractivity contribution in [2.45, 2.75) is 0 Å². The Kier molecular flexibility index (Phi) is 10.7. The fourth-order valence-corrected chi connectivity index (χ4v) is 10.6. The van der Waals surface area contributed by atoms with Crippen molar-refractivity contribution in [1.82, 2.24) is 34.1 Å². The number of nitrogens with zero attached hydrogens (tertiary/aromatic N) is 8. The molecule has 14 rings (SSSR count). The van der Waals surface area contributed by atoms with Crippen molar-refractivity contribution in [1.29, 1.82) is 0 Å². The number of aromatic nitrogens is 7. The number of hydrogen-bond acceptors (Lipinski definition) is 6. The van der Waals surface area contributed by atoms with E-state index in [1.807, 2.05) is 97.3 Å². The second-order valence-electron chi connectivity index (χ2n) is 18.6. The van der Waals surface area contributed by atoms with E-state index >= 15 is 0 Å². The standard InChI is InChI=1S/C67H44N8/c1-4-18-46(19-5-1)65-70-66(47-20-6-2-7-21-47)72-67(71-65)75-61-31-11-10-28-55(61)57-43-58-56-42-48(34-37-62(56)74(63(58)44-64(57)75)51-24-8-3-9-25-51)45-32-35-52(36-33-45)73(53-26-16-22-49(40-53)59-29-12-14-38-68-59)54-27-17-23-50(41-54)60-30-13-15-39-69-60/h1-44H. The van der Waals surface area contributed by atoms with E-state index in [0.29, 0.717) is 17.6 Å². The fraction of sp³-hybridized carbons (Fsp3) is 0. The molecule has 0 N–H and O–H groups in total. The third-order valence-electron chi connectivity index (χ3n) is 14.0. The predicted octanol–water partition coefficient (Wildman–Crippen LogP) is 16.7. The lowest BCUT2D eigenvalue weighted by Crippen LogP contribution is -2.10. The van der Waals surface area contributed by atoms with Crippen LogP contribution in [0.3, 0.4) is 0 Å². The largest absolute Gasteiger partial charge is 0.310 e. The number of para-hydroxylation sites is 2. The number of pyridine rings is 2. The molecule has 0 aliphatic carbocycles. The quantitative estimate of drug-likeness (QED) is 0.136. The van der Waals surface area contributed by atoms with Gasteiger partial charge in [-0.2, -0.15) is 9.97 Å². The van der Waals surface area contributed by atoms with E-state index < -0.39 is 0 Å². The van der Waals surface area contributed by atoms with Crippen molar-refractivity contribution in [3.63, 3.8) is 0 Å². The molecule has 0 aliphatic rings. The van der Waals surface area contributed by atoms with Crippen molar-refractivity contribution in [2.75, 3.05) is 4.90 Å². The summed E-state index contributed by atoms with van der Waals surface area (Å²) in [5.74, 6) is 1.78. The van der Waals surface area contributed by atoms with Crippen molar-refractivity contribution in [2.24, 2.45) is 0 Å². The van der Waals surface area contributed by atoms with Crippen molar-refractivity contribution in [3.8, 4) is 68.1 Å². The van der Waals surface area contributed by atoms with Crippen LogP contribution >= 0.6 is 0 Å². The van der Waals surface area contributed by atoms with E-state index in [9.17, 15) is 0 Å². The number of rotatable bonds is 10. The highest BCUT2D eigenvalue weighted by atomic mass is 15.2. The molecule has 0 radical (unpaired) electrons. The van der Waals surface area contributed by atoms with Gasteiger partial charge in [-0.15, -0.1) is 0 Å². The summed E-state index contributed by atoms with van der Waals surface area (Å²) >= 11 is 0. The normalized spacial score (nSPS) is 11.5. The SMILES string of the molecule is c1ccc(-c2nc(-c3ccccc3)nc(-n3c4ccccc4c4cc5c6cc(-c7ccc(N(c8cccc(-c9ccccn9)c8)c8cccc(-c9ccccn9)c8)cc7)ccc6n(-c6ccccc6)c5cc43)n2)cc1. The Morgan fingerprint density at radius 1 is 0.280 bits per heavy atom. The Morgan fingerprint density at radius 2 is 0.787 bits per heavy atom. The van der Waals surface area contributed by atoms with E-state index in [0.717, 1.165) is 111 Å². The van der Waals surface area contributed by atoms with Gasteiger partial charge in [0.1, 0.15) is 0 Å². The van der Waals surface area contributed by atoms with Crippen LogP contribution in [0.4, 0.5) is 17.1 Å². The summed E-state index contributed by atoms with van der Waals surface area (Å²) in [5.41, 5.74) is 16.4. The van der Waals surface area contributed by atoms with Crippen LogP contribution in [0.15, 0.2) is 267 Å². The van der Waals surface area contributed by atoms with E-state index in [-0.39, 0.29) is 0 Å². The number of benzene rings is 9. The molecule has 0 aliphatic heterocycles. The molecular weight excluding hydrogens is 917 g/mol. The van der Waals surface area contributed by atoms with Crippen LogP contribution in [0, 0.1) is 0 Å².